The summed E-state index contributed by atoms with van der Waals surface area (Å²) in [5, 5.41) is 10.7. The Hall–Kier alpha value is -4.24. The molecule has 0 unspecified atom stereocenters. The number of Topliss-reactive ketones (excluding diaryl/α,β-unsaturated/α-hetero) is 1. The number of halogens is 1. The van der Waals surface area contributed by atoms with E-state index in [1.54, 1.807) is 30.5 Å². The number of hydrogen-bond donors (Lipinski definition) is 0. The summed E-state index contributed by atoms with van der Waals surface area (Å²) in [5.74, 6) is -0.346. The summed E-state index contributed by atoms with van der Waals surface area (Å²) in [5.41, 5.74) is 3.60. The fourth-order valence-corrected chi connectivity index (χ4v) is 6.05. The maximum atomic E-state index is 15.1. The largest absolute Gasteiger partial charge is 0.293 e. The third-order valence-electron chi connectivity index (χ3n) is 7.84. The predicted octanol–water partition coefficient (Wildman–Crippen LogP) is 5.99. The third kappa shape index (κ3) is 3.20. The van der Waals surface area contributed by atoms with Gasteiger partial charge in [-0.1, -0.05) is 50.3 Å². The standard InChI is InChI=1S/C30H23FN4O/c1-17-23-13-12-21-26(20-9-3-4-11-24(20)31)34-29(22-10-5-7-18-8-6-14-33-25(18)22)35-28(21)30(23,2)15-19(16-32)27(17)36/h3-11,14-15,17,23H,12-13H2,1-2H3/t17-,23-,30-/m1/s1. The normalized spacial score (nSPS) is 22.9. The highest BCUT2D eigenvalue weighted by Gasteiger charge is 2.49. The van der Waals surface area contributed by atoms with Gasteiger partial charge in [0.2, 0.25) is 0 Å². The molecule has 0 spiro atoms. The van der Waals surface area contributed by atoms with Gasteiger partial charge in [-0.3, -0.25) is 9.78 Å². The molecule has 4 aromatic rings. The van der Waals surface area contributed by atoms with Crippen LogP contribution in [0.5, 0.6) is 0 Å². The van der Waals surface area contributed by atoms with E-state index >= 15 is 4.39 Å². The molecule has 5 nitrogen and oxygen atoms in total. The highest BCUT2D eigenvalue weighted by molar-refractivity contribution is 6.02. The second-order valence-corrected chi connectivity index (χ2v) is 9.83. The molecule has 0 bridgehead atoms. The van der Waals surface area contributed by atoms with Gasteiger partial charge >= 0.3 is 0 Å². The van der Waals surface area contributed by atoms with Crippen molar-refractivity contribution in [1.29, 1.82) is 5.26 Å². The molecule has 2 aliphatic rings. The molecular formula is C30H23FN4O. The van der Waals surface area contributed by atoms with Crippen LogP contribution in [0.3, 0.4) is 0 Å². The van der Waals surface area contributed by atoms with Gasteiger partial charge in [0.15, 0.2) is 11.6 Å². The zero-order valence-electron chi connectivity index (χ0n) is 20.0. The number of pyridine rings is 1. The zero-order chi connectivity index (χ0) is 25.0. The maximum Gasteiger partial charge on any atom is 0.176 e. The SMILES string of the molecule is C[C@H]1C(=O)C(C#N)=C[C@@]2(C)c3nc(-c4cccc5cccnc45)nc(-c4ccccc4F)c3CC[C@H]12. The summed E-state index contributed by atoms with van der Waals surface area (Å²) >= 11 is 0. The lowest BCUT2D eigenvalue weighted by molar-refractivity contribution is -0.121. The van der Waals surface area contributed by atoms with Crippen LogP contribution in [0.15, 0.2) is 72.4 Å². The van der Waals surface area contributed by atoms with Crippen LogP contribution in [0.1, 0.15) is 31.5 Å². The molecular weight excluding hydrogens is 451 g/mol. The van der Waals surface area contributed by atoms with Crippen molar-refractivity contribution in [3.05, 3.63) is 89.5 Å². The van der Waals surface area contributed by atoms with E-state index in [9.17, 15) is 10.1 Å². The first kappa shape index (κ1) is 22.2. The summed E-state index contributed by atoms with van der Waals surface area (Å²) in [7, 11) is 0. The van der Waals surface area contributed by atoms with Gasteiger partial charge in [-0.25, -0.2) is 14.4 Å². The second kappa shape index (κ2) is 8.17. The number of nitrogens with zero attached hydrogens (tertiary/aromatic N) is 4. The second-order valence-electron chi connectivity index (χ2n) is 9.83. The number of allylic oxidation sites excluding steroid dienone is 2. The van der Waals surface area contributed by atoms with Gasteiger partial charge in [-0.05, 0) is 43.0 Å². The average Bonchev–Trinajstić information content (AvgIpc) is 2.90. The van der Waals surface area contributed by atoms with Gasteiger partial charge in [0.25, 0.3) is 0 Å². The average molecular weight is 475 g/mol. The Bertz CT molecular complexity index is 1630. The minimum Gasteiger partial charge on any atom is -0.293 e. The number of carbonyl (C=O) groups is 1. The number of fused-ring (bicyclic) bond motifs is 4. The molecule has 0 saturated heterocycles. The monoisotopic (exact) mass is 474 g/mol. The van der Waals surface area contributed by atoms with E-state index in [1.807, 2.05) is 44.2 Å². The Morgan fingerprint density at radius 1 is 1.06 bits per heavy atom. The summed E-state index contributed by atoms with van der Waals surface area (Å²) in [4.78, 5) is 27.5. The molecule has 0 fully saturated rings. The van der Waals surface area contributed by atoms with Crippen LogP contribution < -0.4 is 0 Å². The first-order valence-electron chi connectivity index (χ1n) is 12.1. The number of carbonyl (C=O) groups excluding carboxylic acids is 1. The zero-order valence-corrected chi connectivity index (χ0v) is 20.0. The maximum absolute atomic E-state index is 15.1. The number of ketones is 1. The molecule has 0 radical (unpaired) electrons. The van der Waals surface area contributed by atoms with Gasteiger partial charge in [0.05, 0.1) is 22.5 Å². The number of benzene rings is 2. The third-order valence-corrected chi connectivity index (χ3v) is 7.84. The Morgan fingerprint density at radius 2 is 1.83 bits per heavy atom. The van der Waals surface area contributed by atoms with E-state index in [-0.39, 0.29) is 29.0 Å². The van der Waals surface area contributed by atoms with Crippen LogP contribution >= 0.6 is 0 Å². The highest BCUT2D eigenvalue weighted by atomic mass is 19.1. The van der Waals surface area contributed by atoms with Crippen molar-refractivity contribution in [3.8, 4) is 28.7 Å². The van der Waals surface area contributed by atoms with Crippen LogP contribution in [-0.2, 0) is 16.6 Å². The fourth-order valence-electron chi connectivity index (χ4n) is 6.05. The molecule has 176 valence electrons. The summed E-state index contributed by atoms with van der Waals surface area (Å²) in [6.07, 6.45) is 4.86. The fraction of sp³-hybridized carbons (Fsp3) is 0.233. The molecule has 0 aliphatic heterocycles. The first-order chi connectivity index (χ1) is 17.4. The summed E-state index contributed by atoms with van der Waals surface area (Å²) in [6.45, 7) is 3.94. The molecule has 0 saturated carbocycles. The molecule has 0 amide bonds. The van der Waals surface area contributed by atoms with E-state index in [2.05, 4.69) is 11.1 Å². The van der Waals surface area contributed by atoms with Crippen LogP contribution in [0.25, 0.3) is 33.5 Å². The highest BCUT2D eigenvalue weighted by Crippen LogP contribution is 2.51. The molecule has 2 aromatic carbocycles. The minimum absolute atomic E-state index is 0.0172. The summed E-state index contributed by atoms with van der Waals surface area (Å²) in [6, 6.07) is 18.4. The number of rotatable bonds is 2. The smallest absolute Gasteiger partial charge is 0.176 e. The van der Waals surface area contributed by atoms with Crippen molar-refractivity contribution in [2.24, 2.45) is 11.8 Å². The van der Waals surface area contributed by atoms with Crippen molar-refractivity contribution in [2.75, 3.05) is 0 Å². The number of hydrogen-bond acceptors (Lipinski definition) is 5. The number of nitriles is 1. The van der Waals surface area contributed by atoms with Gasteiger partial charge in [0, 0.05) is 39.6 Å². The molecule has 2 heterocycles. The van der Waals surface area contributed by atoms with E-state index in [0.717, 1.165) is 34.1 Å². The Balaban J connectivity index is 1.70. The lowest BCUT2D eigenvalue weighted by atomic mass is 9.57. The van der Waals surface area contributed by atoms with Crippen LogP contribution in [-0.4, -0.2) is 20.7 Å². The van der Waals surface area contributed by atoms with Crippen molar-refractivity contribution in [1.82, 2.24) is 15.0 Å². The molecule has 6 rings (SSSR count). The lowest BCUT2D eigenvalue weighted by Crippen LogP contribution is -2.46. The lowest BCUT2D eigenvalue weighted by Gasteiger charge is -2.45. The van der Waals surface area contributed by atoms with Crippen LogP contribution in [0.4, 0.5) is 4.39 Å². The quantitative estimate of drug-likeness (QED) is 0.357. The Labute approximate surface area is 208 Å². The van der Waals surface area contributed by atoms with E-state index in [4.69, 9.17) is 9.97 Å². The van der Waals surface area contributed by atoms with Crippen molar-refractivity contribution >= 4 is 16.7 Å². The van der Waals surface area contributed by atoms with E-state index < -0.39 is 5.41 Å². The minimum atomic E-state index is -0.665. The summed E-state index contributed by atoms with van der Waals surface area (Å²) < 4.78 is 15.1. The van der Waals surface area contributed by atoms with E-state index in [0.29, 0.717) is 23.5 Å². The molecule has 6 heteroatoms. The topological polar surface area (TPSA) is 79.5 Å². The van der Waals surface area contributed by atoms with Crippen LogP contribution in [0.2, 0.25) is 0 Å². The molecule has 3 atom stereocenters. The number of aromatic nitrogens is 3. The van der Waals surface area contributed by atoms with Crippen LogP contribution in [0, 0.1) is 29.0 Å². The van der Waals surface area contributed by atoms with Crippen molar-refractivity contribution in [2.45, 2.75) is 32.1 Å². The van der Waals surface area contributed by atoms with Gasteiger partial charge in [-0.15, -0.1) is 0 Å². The van der Waals surface area contributed by atoms with Gasteiger partial charge in [-0.2, -0.15) is 5.26 Å². The molecule has 0 N–H and O–H groups in total. The van der Waals surface area contributed by atoms with Gasteiger partial charge < -0.3 is 0 Å². The molecule has 36 heavy (non-hydrogen) atoms. The van der Waals surface area contributed by atoms with Crippen molar-refractivity contribution in [3.63, 3.8) is 0 Å². The molecule has 2 aliphatic carbocycles. The van der Waals surface area contributed by atoms with E-state index in [1.165, 1.54) is 6.07 Å². The Kier molecular flexibility index (Phi) is 5.04. The van der Waals surface area contributed by atoms with Gasteiger partial charge in [0.1, 0.15) is 11.9 Å². The van der Waals surface area contributed by atoms with Crippen molar-refractivity contribution < 1.29 is 9.18 Å². The first-order valence-corrected chi connectivity index (χ1v) is 12.1. The predicted molar refractivity (Wildman–Crippen MR) is 135 cm³/mol. The number of para-hydroxylation sites is 1. The Morgan fingerprint density at radius 3 is 2.64 bits per heavy atom. The molecule has 2 aromatic heterocycles.